The van der Waals surface area contributed by atoms with Gasteiger partial charge in [0.2, 0.25) is 5.91 Å². The van der Waals surface area contributed by atoms with Gasteiger partial charge in [0, 0.05) is 20.0 Å². The van der Waals surface area contributed by atoms with Crippen LogP contribution in [0.15, 0.2) is 31.4 Å². The number of carbonyl (C=O) groups is 2. The average molecular weight is 568 g/mol. The number of carbonyl (C=O) groups excluding carboxylic acids is 2. The molecule has 0 spiro atoms. The number of phenols is 1. The summed E-state index contributed by atoms with van der Waals surface area (Å²) in [4.78, 5) is 22.1. The van der Waals surface area contributed by atoms with Crippen molar-refractivity contribution in [2.75, 3.05) is 13.6 Å². The molecule has 4 rings (SSSR count). The smallest absolute Gasteiger partial charge is 0.222 e. The van der Waals surface area contributed by atoms with Crippen LogP contribution in [0.4, 0.5) is 0 Å². The number of unbranched alkanes of at least 4 members (excludes halogenated alkanes) is 8. The molecule has 0 radical (unpaired) electrons. The molecule has 0 saturated heterocycles. The highest BCUT2D eigenvalue weighted by Gasteiger charge is 2.52. The molecule has 3 aliphatic rings. The molecule has 3 aliphatic carbocycles. The molecule has 1 aromatic rings. The van der Waals surface area contributed by atoms with Gasteiger partial charge in [-0.3, -0.25) is 4.79 Å². The number of aromatic hydroxyl groups is 1. The standard InChI is InChI=1S/C34H55NO2.C2H4.CH2O/c1-4-5-23-35(3)32(37)17-13-11-9-7-6-8-10-12-15-26-24-27-25-28(36)18-19-29(27)30-20-22-34(2)21-14-16-31(34)33(26)30;2*1-2/h18-19,25-26,30-31,33,36H,4-17,20-24H2,1-3H3;1-2H2;1H2/t26-,30?,31?,33?,34?;;/m1../s1. The van der Waals surface area contributed by atoms with Crippen molar-refractivity contribution >= 4 is 12.7 Å². The second-order valence-electron chi connectivity index (χ2n) is 13.3. The summed E-state index contributed by atoms with van der Waals surface area (Å²) in [7, 11) is 1.95. The zero-order valence-electron chi connectivity index (χ0n) is 26.8. The van der Waals surface area contributed by atoms with Crippen molar-refractivity contribution in [3.05, 3.63) is 42.5 Å². The first-order valence-electron chi connectivity index (χ1n) is 16.8. The maximum absolute atomic E-state index is 12.2. The lowest BCUT2D eigenvalue weighted by molar-refractivity contribution is -0.130. The monoisotopic (exact) mass is 567 g/mol. The highest BCUT2D eigenvalue weighted by molar-refractivity contribution is 5.75. The van der Waals surface area contributed by atoms with Crippen LogP contribution in [0.1, 0.15) is 140 Å². The highest BCUT2D eigenvalue weighted by Crippen LogP contribution is 2.62. The minimum absolute atomic E-state index is 0.326. The molecule has 4 heteroatoms. The van der Waals surface area contributed by atoms with E-state index in [9.17, 15) is 9.90 Å². The van der Waals surface area contributed by atoms with Crippen LogP contribution in [-0.2, 0) is 16.0 Å². The van der Waals surface area contributed by atoms with Crippen LogP contribution in [0.25, 0.3) is 0 Å². The summed E-state index contributed by atoms with van der Waals surface area (Å²) in [5, 5.41) is 10.2. The van der Waals surface area contributed by atoms with E-state index in [2.05, 4.69) is 39.1 Å². The van der Waals surface area contributed by atoms with E-state index in [4.69, 9.17) is 4.79 Å². The van der Waals surface area contributed by atoms with E-state index in [0.29, 0.717) is 17.1 Å². The Bertz CT molecular complexity index is 898. The molecule has 232 valence electrons. The summed E-state index contributed by atoms with van der Waals surface area (Å²) >= 11 is 0. The van der Waals surface area contributed by atoms with Crippen molar-refractivity contribution in [1.29, 1.82) is 0 Å². The van der Waals surface area contributed by atoms with Gasteiger partial charge < -0.3 is 14.8 Å². The molecular formula is C37H61NO3. The van der Waals surface area contributed by atoms with E-state index in [1.165, 1.54) is 95.5 Å². The van der Waals surface area contributed by atoms with Crippen molar-refractivity contribution in [3.63, 3.8) is 0 Å². The van der Waals surface area contributed by atoms with Crippen LogP contribution >= 0.6 is 0 Å². The SMILES string of the molecule is C=C.C=O.CCCCN(C)C(=O)CCCCCCCCCC[C@@H]1Cc2cc(O)ccc2C2CCC3(C)CCCC3C21. The summed E-state index contributed by atoms with van der Waals surface area (Å²) in [6.45, 7) is 13.7. The van der Waals surface area contributed by atoms with Crippen LogP contribution in [0.3, 0.4) is 0 Å². The number of benzene rings is 1. The Hall–Kier alpha value is -2.10. The minimum Gasteiger partial charge on any atom is -0.508 e. The third-order valence-corrected chi connectivity index (χ3v) is 10.7. The summed E-state index contributed by atoms with van der Waals surface area (Å²) in [5.41, 5.74) is 3.61. The second-order valence-corrected chi connectivity index (χ2v) is 13.3. The van der Waals surface area contributed by atoms with Crippen LogP contribution in [0, 0.1) is 23.2 Å². The van der Waals surface area contributed by atoms with Crippen molar-refractivity contribution in [3.8, 4) is 5.75 Å². The van der Waals surface area contributed by atoms with Gasteiger partial charge in [0.05, 0.1) is 0 Å². The Morgan fingerprint density at radius 3 is 2.32 bits per heavy atom. The first-order valence-corrected chi connectivity index (χ1v) is 16.8. The number of fused-ring (bicyclic) bond motifs is 5. The van der Waals surface area contributed by atoms with E-state index in [-0.39, 0.29) is 0 Å². The molecule has 2 fully saturated rings. The quantitative estimate of drug-likeness (QED) is 0.180. The maximum Gasteiger partial charge on any atom is 0.222 e. The summed E-state index contributed by atoms with van der Waals surface area (Å²) < 4.78 is 0. The average Bonchev–Trinajstić information content (AvgIpc) is 3.40. The molecule has 0 aromatic heterocycles. The molecule has 5 atom stereocenters. The van der Waals surface area contributed by atoms with Gasteiger partial charge in [-0.25, -0.2) is 0 Å². The number of hydrogen-bond acceptors (Lipinski definition) is 3. The van der Waals surface area contributed by atoms with Gasteiger partial charge in [-0.1, -0.05) is 77.7 Å². The first kappa shape index (κ1) is 35.1. The first-order chi connectivity index (χ1) is 19.9. The lowest BCUT2D eigenvalue weighted by atomic mass is 9.52. The zero-order chi connectivity index (χ0) is 30.3. The van der Waals surface area contributed by atoms with Gasteiger partial charge in [-0.05, 0) is 104 Å². The molecule has 0 aliphatic heterocycles. The molecule has 1 amide bonds. The van der Waals surface area contributed by atoms with E-state index in [0.717, 1.165) is 55.9 Å². The molecule has 1 aromatic carbocycles. The topological polar surface area (TPSA) is 57.6 Å². The van der Waals surface area contributed by atoms with Gasteiger partial charge in [-0.15, -0.1) is 13.2 Å². The van der Waals surface area contributed by atoms with Crippen molar-refractivity contribution < 1.29 is 14.7 Å². The van der Waals surface area contributed by atoms with Crippen molar-refractivity contribution in [2.45, 2.75) is 135 Å². The lowest BCUT2D eigenvalue weighted by Gasteiger charge is -2.52. The lowest BCUT2D eigenvalue weighted by Crippen LogP contribution is -2.44. The largest absolute Gasteiger partial charge is 0.508 e. The normalized spacial score (nSPS) is 25.8. The Kier molecular flexibility index (Phi) is 15.8. The number of hydrogen-bond donors (Lipinski definition) is 1. The van der Waals surface area contributed by atoms with E-state index >= 15 is 0 Å². The van der Waals surface area contributed by atoms with Gasteiger partial charge in [-0.2, -0.15) is 0 Å². The Balaban J connectivity index is 0.00000141. The summed E-state index contributed by atoms with van der Waals surface area (Å²) in [5.74, 6) is 4.08. The highest BCUT2D eigenvalue weighted by atomic mass is 16.3. The number of rotatable bonds is 14. The van der Waals surface area contributed by atoms with Gasteiger partial charge in [0.15, 0.2) is 0 Å². The fourth-order valence-electron chi connectivity index (χ4n) is 8.50. The third-order valence-electron chi connectivity index (χ3n) is 10.7. The predicted molar refractivity (Wildman–Crippen MR) is 173 cm³/mol. The van der Waals surface area contributed by atoms with Gasteiger partial charge in [0.25, 0.3) is 0 Å². The molecule has 4 unspecified atom stereocenters. The van der Waals surface area contributed by atoms with Gasteiger partial charge in [0.1, 0.15) is 12.5 Å². The fourth-order valence-corrected chi connectivity index (χ4v) is 8.50. The molecule has 0 heterocycles. The van der Waals surface area contributed by atoms with Crippen molar-refractivity contribution in [2.24, 2.45) is 23.2 Å². The Morgan fingerprint density at radius 2 is 1.63 bits per heavy atom. The molecule has 0 bridgehead atoms. The molecular weight excluding hydrogens is 506 g/mol. The van der Waals surface area contributed by atoms with Crippen LogP contribution in [0.5, 0.6) is 5.75 Å². The number of phenolic OH excluding ortho intramolecular Hbond substituents is 1. The summed E-state index contributed by atoms with van der Waals surface area (Å²) in [6, 6.07) is 6.27. The molecule has 2 saturated carbocycles. The maximum atomic E-state index is 12.2. The van der Waals surface area contributed by atoms with E-state index in [1.807, 2.05) is 24.8 Å². The van der Waals surface area contributed by atoms with Crippen LogP contribution in [0.2, 0.25) is 0 Å². The van der Waals surface area contributed by atoms with E-state index in [1.54, 1.807) is 5.56 Å². The molecule has 4 nitrogen and oxygen atoms in total. The van der Waals surface area contributed by atoms with Crippen LogP contribution < -0.4 is 0 Å². The third kappa shape index (κ3) is 9.72. The fraction of sp³-hybridized carbons (Fsp3) is 0.730. The number of nitrogens with zero attached hydrogens (tertiary/aromatic N) is 1. The zero-order valence-corrected chi connectivity index (χ0v) is 26.8. The van der Waals surface area contributed by atoms with Crippen LogP contribution in [-0.4, -0.2) is 36.3 Å². The Labute approximate surface area is 252 Å². The number of amides is 1. The second kappa shape index (κ2) is 18.4. The van der Waals surface area contributed by atoms with E-state index < -0.39 is 0 Å². The summed E-state index contributed by atoms with van der Waals surface area (Å²) in [6.07, 6.45) is 22.9. The Morgan fingerprint density at radius 1 is 0.976 bits per heavy atom. The molecule has 1 N–H and O–H groups in total. The van der Waals surface area contributed by atoms with Gasteiger partial charge >= 0.3 is 0 Å². The van der Waals surface area contributed by atoms with Crippen molar-refractivity contribution in [1.82, 2.24) is 4.90 Å². The molecule has 41 heavy (non-hydrogen) atoms. The predicted octanol–water partition coefficient (Wildman–Crippen LogP) is 9.64. The minimum atomic E-state index is 0.326.